The minimum atomic E-state index is -0.573. The molecule has 1 aromatic carbocycles. The molecule has 1 atom stereocenters. The number of rotatable bonds is 5. The topological polar surface area (TPSA) is 108 Å². The third-order valence-corrected chi connectivity index (χ3v) is 4.61. The van der Waals surface area contributed by atoms with Crippen LogP contribution in [0.25, 0.3) is 0 Å². The quantitative estimate of drug-likeness (QED) is 0.643. The van der Waals surface area contributed by atoms with Crippen molar-refractivity contribution in [2.75, 3.05) is 26.8 Å². The highest BCUT2D eigenvalue weighted by Crippen LogP contribution is 2.36. The van der Waals surface area contributed by atoms with Crippen LogP contribution in [0, 0.1) is 15.5 Å². The van der Waals surface area contributed by atoms with Gasteiger partial charge < -0.3 is 20.1 Å². The number of hydrogen-bond acceptors (Lipinski definition) is 6. The second kappa shape index (κ2) is 7.26. The molecule has 2 N–H and O–H groups in total. The first-order valence-corrected chi connectivity index (χ1v) is 8.25. The number of piperidine rings is 1. The Morgan fingerprint density at radius 3 is 2.64 bits per heavy atom. The molecule has 0 aromatic heterocycles. The number of nitrogens with zero attached hydrogens (tertiary/aromatic N) is 2. The van der Waals surface area contributed by atoms with Crippen molar-refractivity contribution in [1.82, 2.24) is 4.90 Å². The molecule has 1 unspecified atom stereocenters. The van der Waals surface area contributed by atoms with Crippen molar-refractivity contribution in [3.8, 4) is 11.5 Å². The zero-order valence-corrected chi connectivity index (χ0v) is 15.1. The van der Waals surface area contributed by atoms with Crippen LogP contribution in [0.4, 0.5) is 5.69 Å². The van der Waals surface area contributed by atoms with Crippen LogP contribution in [-0.4, -0.2) is 48.6 Å². The second-order valence-corrected chi connectivity index (χ2v) is 6.82. The summed E-state index contributed by atoms with van der Waals surface area (Å²) in [7, 11) is 1.43. The van der Waals surface area contributed by atoms with Gasteiger partial charge in [0.1, 0.15) is 5.56 Å². The number of carbonyl (C=O) groups is 1. The predicted octanol–water partition coefficient (Wildman–Crippen LogP) is 2.20. The van der Waals surface area contributed by atoms with E-state index in [1.54, 1.807) is 11.8 Å². The van der Waals surface area contributed by atoms with Gasteiger partial charge >= 0.3 is 0 Å². The Morgan fingerprint density at radius 1 is 1.44 bits per heavy atom. The molecule has 1 amide bonds. The number of benzene rings is 1. The van der Waals surface area contributed by atoms with Gasteiger partial charge in [-0.05, 0) is 18.8 Å². The number of nitro groups is 1. The molecule has 1 saturated heterocycles. The van der Waals surface area contributed by atoms with Crippen LogP contribution in [0.15, 0.2) is 12.1 Å². The van der Waals surface area contributed by atoms with Crippen molar-refractivity contribution in [3.63, 3.8) is 0 Å². The van der Waals surface area contributed by atoms with E-state index < -0.39 is 10.8 Å². The molecule has 0 aliphatic carbocycles. The highest BCUT2D eigenvalue weighted by molar-refractivity contribution is 5.99. The zero-order chi connectivity index (χ0) is 18.8. The predicted molar refractivity (Wildman–Crippen MR) is 93.1 cm³/mol. The summed E-state index contributed by atoms with van der Waals surface area (Å²) in [5.74, 6) is 0.144. The molecule has 1 fully saturated rings. The van der Waals surface area contributed by atoms with Crippen molar-refractivity contribution < 1.29 is 19.2 Å². The normalized spacial score (nSPS) is 19.4. The summed E-state index contributed by atoms with van der Waals surface area (Å²) >= 11 is 0. The summed E-state index contributed by atoms with van der Waals surface area (Å²) in [5, 5.41) is 11.5. The van der Waals surface area contributed by atoms with E-state index in [-0.39, 0.29) is 28.5 Å². The fourth-order valence-corrected chi connectivity index (χ4v) is 3.02. The lowest BCUT2D eigenvalue weighted by Crippen LogP contribution is -2.54. The SMILES string of the molecule is CCOc1cc([N+](=O)[O-])c(C(=O)N2CCC(N)C(C)(C)C2)cc1OC. The summed E-state index contributed by atoms with van der Waals surface area (Å²) < 4.78 is 10.6. The Bertz CT molecular complexity index is 674. The third-order valence-electron chi connectivity index (χ3n) is 4.61. The number of likely N-dealkylation sites (tertiary alicyclic amines) is 1. The summed E-state index contributed by atoms with van der Waals surface area (Å²) in [6.45, 7) is 6.99. The molecule has 1 aliphatic rings. The van der Waals surface area contributed by atoms with Crippen LogP contribution in [-0.2, 0) is 0 Å². The van der Waals surface area contributed by atoms with Crippen molar-refractivity contribution in [2.24, 2.45) is 11.1 Å². The molecule has 1 heterocycles. The Kier molecular flexibility index (Phi) is 5.52. The van der Waals surface area contributed by atoms with Crippen molar-refractivity contribution in [3.05, 3.63) is 27.8 Å². The maximum Gasteiger partial charge on any atom is 0.286 e. The smallest absolute Gasteiger partial charge is 0.286 e. The van der Waals surface area contributed by atoms with Gasteiger partial charge in [0.25, 0.3) is 11.6 Å². The summed E-state index contributed by atoms with van der Waals surface area (Å²) in [6, 6.07) is 2.62. The first-order valence-electron chi connectivity index (χ1n) is 8.25. The fourth-order valence-electron chi connectivity index (χ4n) is 3.02. The number of amides is 1. The molecule has 0 saturated carbocycles. The number of methoxy groups -OCH3 is 1. The first kappa shape index (κ1) is 19.0. The monoisotopic (exact) mass is 351 g/mol. The van der Waals surface area contributed by atoms with Crippen LogP contribution in [0.3, 0.4) is 0 Å². The van der Waals surface area contributed by atoms with E-state index in [9.17, 15) is 14.9 Å². The maximum absolute atomic E-state index is 12.9. The largest absolute Gasteiger partial charge is 0.493 e. The van der Waals surface area contributed by atoms with E-state index in [1.165, 1.54) is 19.2 Å². The van der Waals surface area contributed by atoms with Gasteiger partial charge in [0.05, 0.1) is 24.7 Å². The maximum atomic E-state index is 12.9. The average molecular weight is 351 g/mol. The van der Waals surface area contributed by atoms with Gasteiger partial charge in [-0.3, -0.25) is 14.9 Å². The van der Waals surface area contributed by atoms with Gasteiger partial charge in [0.2, 0.25) is 0 Å². The third kappa shape index (κ3) is 3.84. The van der Waals surface area contributed by atoms with Crippen molar-refractivity contribution in [2.45, 2.75) is 33.2 Å². The Morgan fingerprint density at radius 2 is 2.12 bits per heavy atom. The van der Waals surface area contributed by atoms with Gasteiger partial charge in [-0.25, -0.2) is 0 Å². The van der Waals surface area contributed by atoms with Gasteiger partial charge in [0.15, 0.2) is 11.5 Å². The lowest BCUT2D eigenvalue weighted by atomic mass is 9.79. The highest BCUT2D eigenvalue weighted by atomic mass is 16.6. The summed E-state index contributed by atoms with van der Waals surface area (Å²) in [4.78, 5) is 25.4. The molecule has 1 aromatic rings. The van der Waals surface area contributed by atoms with E-state index in [0.29, 0.717) is 31.9 Å². The number of hydrogen-bond donors (Lipinski definition) is 1. The second-order valence-electron chi connectivity index (χ2n) is 6.82. The number of carbonyl (C=O) groups excluding carboxylic acids is 1. The van der Waals surface area contributed by atoms with E-state index in [1.807, 2.05) is 13.8 Å². The van der Waals surface area contributed by atoms with E-state index >= 15 is 0 Å². The molecule has 8 nitrogen and oxygen atoms in total. The molecule has 8 heteroatoms. The van der Waals surface area contributed by atoms with E-state index in [2.05, 4.69) is 0 Å². The minimum Gasteiger partial charge on any atom is -0.493 e. The van der Waals surface area contributed by atoms with Gasteiger partial charge in [-0.2, -0.15) is 0 Å². The highest BCUT2D eigenvalue weighted by Gasteiger charge is 2.37. The van der Waals surface area contributed by atoms with E-state index in [4.69, 9.17) is 15.2 Å². The van der Waals surface area contributed by atoms with E-state index in [0.717, 1.165) is 0 Å². The van der Waals surface area contributed by atoms with Crippen LogP contribution in [0.2, 0.25) is 0 Å². The summed E-state index contributed by atoms with van der Waals surface area (Å²) in [6.07, 6.45) is 0.653. The molecular weight excluding hydrogens is 326 g/mol. The van der Waals surface area contributed by atoms with Crippen LogP contribution in [0.5, 0.6) is 11.5 Å². The lowest BCUT2D eigenvalue weighted by molar-refractivity contribution is -0.385. The average Bonchev–Trinajstić information content (AvgIpc) is 2.56. The minimum absolute atomic E-state index is 0.00317. The molecule has 1 aliphatic heterocycles. The molecule has 2 rings (SSSR count). The van der Waals surface area contributed by atoms with Crippen LogP contribution >= 0.6 is 0 Å². The lowest BCUT2D eigenvalue weighted by Gasteiger charge is -2.42. The van der Waals surface area contributed by atoms with Crippen LogP contribution < -0.4 is 15.2 Å². The van der Waals surface area contributed by atoms with Crippen LogP contribution in [0.1, 0.15) is 37.6 Å². The zero-order valence-electron chi connectivity index (χ0n) is 15.1. The molecular formula is C17H25N3O5. The Balaban J connectivity index is 2.43. The molecule has 25 heavy (non-hydrogen) atoms. The van der Waals surface area contributed by atoms with Gasteiger partial charge in [0, 0.05) is 25.2 Å². The molecule has 0 spiro atoms. The van der Waals surface area contributed by atoms with Crippen molar-refractivity contribution >= 4 is 11.6 Å². The van der Waals surface area contributed by atoms with Gasteiger partial charge in [-0.1, -0.05) is 13.8 Å². The fraction of sp³-hybridized carbons (Fsp3) is 0.588. The number of ether oxygens (including phenoxy) is 2. The Labute approximate surface area is 147 Å². The molecule has 0 radical (unpaired) electrons. The standard InChI is InChI=1S/C17H25N3O5/c1-5-25-14-9-12(20(22)23)11(8-13(14)24-4)16(21)19-7-6-15(18)17(2,3)10-19/h8-9,15H,5-7,10,18H2,1-4H3. The van der Waals surface area contributed by atoms with Crippen molar-refractivity contribution in [1.29, 1.82) is 0 Å². The number of nitro benzene ring substituents is 1. The summed E-state index contributed by atoms with van der Waals surface area (Å²) in [5.41, 5.74) is 5.56. The molecule has 0 bridgehead atoms. The Hall–Kier alpha value is -2.35. The first-order chi connectivity index (χ1) is 11.7. The van der Waals surface area contributed by atoms with Gasteiger partial charge in [-0.15, -0.1) is 0 Å². The number of nitrogens with two attached hydrogens (primary N) is 1. The molecule has 138 valence electrons.